The molecule has 3 rings (SSSR count). The fourth-order valence-corrected chi connectivity index (χ4v) is 1.85. The van der Waals surface area contributed by atoms with Crippen molar-refractivity contribution >= 4 is 11.9 Å². The second kappa shape index (κ2) is 5.57. The van der Waals surface area contributed by atoms with E-state index in [0.717, 1.165) is 12.1 Å². The largest absolute Gasteiger partial charge is 0.368 e. The lowest BCUT2D eigenvalue weighted by Crippen LogP contribution is -2.12. The summed E-state index contributed by atoms with van der Waals surface area (Å²) in [5.41, 5.74) is 6.70. The maximum Gasteiger partial charge on any atom is 0.241 e. The second-order valence-corrected chi connectivity index (χ2v) is 4.44. The van der Waals surface area contributed by atoms with E-state index in [1.54, 1.807) is 28.0 Å². The molecule has 0 aliphatic carbocycles. The van der Waals surface area contributed by atoms with E-state index in [1.165, 1.54) is 0 Å². The van der Waals surface area contributed by atoms with Crippen LogP contribution in [0, 0.1) is 0 Å². The molecule has 0 spiro atoms. The van der Waals surface area contributed by atoms with Crippen LogP contribution in [0.2, 0.25) is 0 Å². The molecule has 21 heavy (non-hydrogen) atoms. The predicted molar refractivity (Wildman–Crippen MR) is 76.8 cm³/mol. The number of aromatic nitrogens is 7. The topological polar surface area (TPSA) is 112 Å². The fraction of sp³-hybridized carbons (Fsp3) is 0.250. The lowest BCUT2D eigenvalue weighted by molar-refractivity contribution is 0.741. The van der Waals surface area contributed by atoms with E-state index in [9.17, 15) is 0 Å². The standard InChI is InChI=1S/C12H15N9/c1-20-6-3-9(19-20)2-4-15-11-16-10(13)17-12(18-11)21-7-5-14-8-21/h3,5-8H,2,4H2,1H3,(H3,13,15,16,17,18). The Morgan fingerprint density at radius 1 is 1.24 bits per heavy atom. The van der Waals surface area contributed by atoms with Crippen LogP contribution in [0.15, 0.2) is 31.0 Å². The minimum atomic E-state index is 0.161. The van der Waals surface area contributed by atoms with Crippen LogP contribution in [-0.4, -0.2) is 40.8 Å². The van der Waals surface area contributed by atoms with Gasteiger partial charge < -0.3 is 11.1 Å². The van der Waals surface area contributed by atoms with Gasteiger partial charge in [-0.2, -0.15) is 20.1 Å². The summed E-state index contributed by atoms with van der Waals surface area (Å²) in [5, 5.41) is 7.42. The molecule has 0 aromatic carbocycles. The molecule has 0 amide bonds. The summed E-state index contributed by atoms with van der Waals surface area (Å²) in [5.74, 6) is 1.02. The number of aryl methyl sites for hydroxylation is 1. The third kappa shape index (κ3) is 3.14. The van der Waals surface area contributed by atoms with E-state index in [-0.39, 0.29) is 5.95 Å². The Morgan fingerprint density at radius 3 is 2.86 bits per heavy atom. The number of anilines is 2. The number of nitrogens with zero attached hydrogens (tertiary/aromatic N) is 7. The summed E-state index contributed by atoms with van der Waals surface area (Å²) in [6, 6.07) is 1.97. The maximum absolute atomic E-state index is 5.70. The first-order valence-corrected chi connectivity index (χ1v) is 6.43. The van der Waals surface area contributed by atoms with Crippen molar-refractivity contribution in [1.82, 2.24) is 34.3 Å². The van der Waals surface area contributed by atoms with Gasteiger partial charge in [-0.15, -0.1) is 0 Å². The molecule has 0 bridgehead atoms. The molecular formula is C12H15N9. The monoisotopic (exact) mass is 285 g/mol. The van der Waals surface area contributed by atoms with Gasteiger partial charge >= 0.3 is 0 Å². The summed E-state index contributed by atoms with van der Waals surface area (Å²) in [6.45, 7) is 0.657. The first kappa shape index (κ1) is 13.0. The third-order valence-corrected chi connectivity index (χ3v) is 2.81. The van der Waals surface area contributed by atoms with Gasteiger partial charge in [-0.1, -0.05) is 0 Å². The summed E-state index contributed by atoms with van der Waals surface area (Å²) in [4.78, 5) is 16.4. The number of nitrogens with two attached hydrogens (primary N) is 1. The summed E-state index contributed by atoms with van der Waals surface area (Å²) >= 11 is 0. The molecule has 0 atom stereocenters. The normalized spacial score (nSPS) is 10.7. The Kier molecular flexibility index (Phi) is 3.46. The van der Waals surface area contributed by atoms with Crippen LogP contribution in [0.3, 0.4) is 0 Å². The van der Waals surface area contributed by atoms with Crippen LogP contribution in [0.25, 0.3) is 5.95 Å². The molecule has 0 radical (unpaired) electrons. The van der Waals surface area contributed by atoms with E-state index in [0.29, 0.717) is 18.4 Å². The molecule has 108 valence electrons. The quantitative estimate of drug-likeness (QED) is 0.680. The van der Waals surface area contributed by atoms with Gasteiger partial charge in [-0.05, 0) is 6.07 Å². The van der Waals surface area contributed by atoms with Gasteiger partial charge in [0.25, 0.3) is 0 Å². The van der Waals surface area contributed by atoms with Gasteiger partial charge in [0.15, 0.2) is 0 Å². The van der Waals surface area contributed by atoms with Crippen LogP contribution < -0.4 is 11.1 Å². The Hall–Kier alpha value is -2.97. The molecule has 9 nitrogen and oxygen atoms in total. The van der Waals surface area contributed by atoms with Crippen LogP contribution in [-0.2, 0) is 13.5 Å². The van der Waals surface area contributed by atoms with Crippen molar-refractivity contribution in [2.24, 2.45) is 7.05 Å². The van der Waals surface area contributed by atoms with Crippen molar-refractivity contribution < 1.29 is 0 Å². The molecule has 3 aromatic rings. The highest BCUT2D eigenvalue weighted by molar-refractivity contribution is 5.35. The Balaban J connectivity index is 1.68. The number of hydrogen-bond acceptors (Lipinski definition) is 7. The van der Waals surface area contributed by atoms with Crippen molar-refractivity contribution in [1.29, 1.82) is 0 Å². The van der Waals surface area contributed by atoms with Gasteiger partial charge in [-0.25, -0.2) is 4.98 Å². The second-order valence-electron chi connectivity index (χ2n) is 4.44. The zero-order valence-corrected chi connectivity index (χ0v) is 11.5. The van der Waals surface area contributed by atoms with E-state index in [1.807, 2.05) is 19.3 Å². The van der Waals surface area contributed by atoms with E-state index < -0.39 is 0 Å². The van der Waals surface area contributed by atoms with Crippen LogP contribution in [0.1, 0.15) is 5.69 Å². The summed E-state index contributed by atoms with van der Waals surface area (Å²) in [7, 11) is 1.89. The highest BCUT2D eigenvalue weighted by atomic mass is 15.3. The first-order valence-electron chi connectivity index (χ1n) is 6.43. The molecule has 0 saturated carbocycles. The van der Waals surface area contributed by atoms with E-state index >= 15 is 0 Å². The van der Waals surface area contributed by atoms with Gasteiger partial charge in [0, 0.05) is 38.6 Å². The molecule has 9 heteroatoms. The Labute approximate surface area is 120 Å². The summed E-state index contributed by atoms with van der Waals surface area (Å²) < 4.78 is 3.44. The molecule has 0 aliphatic rings. The zero-order chi connectivity index (χ0) is 14.7. The molecule has 3 N–H and O–H groups in total. The van der Waals surface area contributed by atoms with Gasteiger partial charge in [0.1, 0.15) is 6.33 Å². The first-order chi connectivity index (χ1) is 10.2. The Bertz CT molecular complexity index is 716. The number of nitrogen functional groups attached to an aromatic ring is 1. The number of rotatable bonds is 5. The number of hydrogen-bond donors (Lipinski definition) is 2. The molecular weight excluding hydrogens is 270 g/mol. The molecule has 0 unspecified atom stereocenters. The van der Waals surface area contributed by atoms with Gasteiger partial charge in [-0.3, -0.25) is 9.25 Å². The maximum atomic E-state index is 5.70. The minimum Gasteiger partial charge on any atom is -0.368 e. The average molecular weight is 285 g/mol. The fourth-order valence-electron chi connectivity index (χ4n) is 1.85. The van der Waals surface area contributed by atoms with Gasteiger partial charge in [0.2, 0.25) is 17.8 Å². The number of imidazole rings is 1. The molecule has 3 aromatic heterocycles. The third-order valence-electron chi connectivity index (χ3n) is 2.81. The van der Waals surface area contributed by atoms with Crippen LogP contribution in [0.5, 0.6) is 0 Å². The van der Waals surface area contributed by atoms with Gasteiger partial charge in [0.05, 0.1) is 5.69 Å². The van der Waals surface area contributed by atoms with Crippen molar-refractivity contribution in [3.63, 3.8) is 0 Å². The van der Waals surface area contributed by atoms with E-state index in [4.69, 9.17) is 5.73 Å². The Morgan fingerprint density at radius 2 is 2.14 bits per heavy atom. The molecule has 0 aliphatic heterocycles. The predicted octanol–water partition coefficient (Wildman–Crippen LogP) is 0.0276. The lowest BCUT2D eigenvalue weighted by Gasteiger charge is -2.06. The van der Waals surface area contributed by atoms with Crippen molar-refractivity contribution in [2.75, 3.05) is 17.6 Å². The van der Waals surface area contributed by atoms with Crippen LogP contribution in [0.4, 0.5) is 11.9 Å². The van der Waals surface area contributed by atoms with E-state index in [2.05, 4.69) is 30.4 Å². The van der Waals surface area contributed by atoms with Crippen molar-refractivity contribution in [3.8, 4) is 5.95 Å². The van der Waals surface area contributed by atoms with Crippen LogP contribution >= 0.6 is 0 Å². The number of nitrogens with one attached hydrogen (secondary N) is 1. The van der Waals surface area contributed by atoms with Crippen molar-refractivity contribution in [3.05, 3.63) is 36.7 Å². The average Bonchev–Trinajstić information content (AvgIpc) is 3.10. The molecule has 3 heterocycles. The smallest absolute Gasteiger partial charge is 0.241 e. The highest BCUT2D eigenvalue weighted by Crippen LogP contribution is 2.07. The minimum absolute atomic E-state index is 0.161. The molecule has 0 saturated heterocycles. The zero-order valence-electron chi connectivity index (χ0n) is 11.5. The SMILES string of the molecule is Cn1ccc(CCNc2nc(N)nc(-n3ccnc3)n2)n1. The molecule has 0 fully saturated rings. The van der Waals surface area contributed by atoms with Crippen molar-refractivity contribution in [2.45, 2.75) is 6.42 Å². The highest BCUT2D eigenvalue weighted by Gasteiger charge is 2.06. The lowest BCUT2D eigenvalue weighted by atomic mass is 10.3. The summed E-state index contributed by atoms with van der Waals surface area (Å²) in [6.07, 6.45) is 7.67.